The Bertz CT molecular complexity index is 1510. The van der Waals surface area contributed by atoms with Gasteiger partial charge in [-0.2, -0.15) is 0 Å². The Kier molecular flexibility index (Phi) is 12.4. The number of carboxylic acids is 1. The number of aromatic nitrogens is 1. The predicted octanol–water partition coefficient (Wildman–Crippen LogP) is -2.65. The van der Waals surface area contributed by atoms with E-state index in [0.717, 1.165) is 10.9 Å². The minimum absolute atomic E-state index is 0.0794. The molecule has 17 nitrogen and oxygen atoms in total. The first kappa shape index (κ1) is 36.4. The van der Waals surface area contributed by atoms with Gasteiger partial charge in [-0.3, -0.25) is 28.8 Å². The van der Waals surface area contributed by atoms with Crippen LogP contribution < -0.4 is 32.7 Å². The highest BCUT2D eigenvalue weighted by molar-refractivity contribution is 5.97. The number of primary amides is 1. The van der Waals surface area contributed by atoms with Gasteiger partial charge in [-0.25, -0.2) is 4.79 Å². The third kappa shape index (κ3) is 9.49. The topological polar surface area (TPSA) is 279 Å². The number of aromatic amines is 1. The lowest BCUT2D eigenvalue weighted by molar-refractivity contribution is -0.144. The molecule has 11 N–H and O–H groups in total. The summed E-state index contributed by atoms with van der Waals surface area (Å²) in [6.07, 6.45) is 0.293. The number of carboxylic acid groups (broad SMARTS) is 1. The molecule has 2 aromatic rings. The monoisotopic (exact) mass is 658 g/mol. The molecule has 0 unspecified atom stereocenters. The predicted molar refractivity (Wildman–Crippen MR) is 167 cm³/mol. The van der Waals surface area contributed by atoms with Crippen molar-refractivity contribution in [2.75, 3.05) is 6.54 Å². The van der Waals surface area contributed by atoms with Crippen LogP contribution in [0.1, 0.15) is 45.6 Å². The minimum atomic E-state index is -1.64. The van der Waals surface area contributed by atoms with Crippen LogP contribution in [-0.2, 0) is 40.0 Å². The van der Waals surface area contributed by atoms with Crippen molar-refractivity contribution in [2.24, 2.45) is 11.5 Å². The smallest absolute Gasteiger partial charge is 0.326 e. The fourth-order valence-electron chi connectivity index (χ4n) is 5.23. The fourth-order valence-corrected chi connectivity index (χ4v) is 5.23. The van der Waals surface area contributed by atoms with E-state index in [1.807, 2.05) is 6.07 Å². The minimum Gasteiger partial charge on any atom is -0.480 e. The van der Waals surface area contributed by atoms with Crippen molar-refractivity contribution in [1.29, 1.82) is 0 Å². The molecule has 1 aliphatic rings. The first-order valence-electron chi connectivity index (χ1n) is 15.1. The molecular formula is C30H42N8O9. The Morgan fingerprint density at radius 1 is 0.957 bits per heavy atom. The molecule has 6 amide bonds. The van der Waals surface area contributed by atoms with E-state index in [0.29, 0.717) is 12.0 Å². The lowest BCUT2D eigenvalue weighted by atomic mass is 10.0. The number of hydrogen-bond acceptors (Lipinski definition) is 9. The summed E-state index contributed by atoms with van der Waals surface area (Å²) in [5.41, 5.74) is 12.1. The molecule has 256 valence electrons. The maximum atomic E-state index is 13.3. The van der Waals surface area contributed by atoms with Crippen LogP contribution in [0.4, 0.5) is 0 Å². The van der Waals surface area contributed by atoms with Crippen LogP contribution in [-0.4, -0.2) is 110 Å². The van der Waals surface area contributed by atoms with E-state index in [-0.39, 0.29) is 19.4 Å². The van der Waals surface area contributed by atoms with Crippen LogP contribution in [0.25, 0.3) is 10.9 Å². The molecule has 2 heterocycles. The number of likely N-dealkylation sites (tertiary alicyclic amines) is 1. The number of fused-ring (bicyclic) bond motifs is 1. The Balaban J connectivity index is 1.75. The maximum Gasteiger partial charge on any atom is 0.326 e. The van der Waals surface area contributed by atoms with Gasteiger partial charge in [-0.15, -0.1) is 0 Å². The molecule has 0 bridgehead atoms. The number of H-pyrrole nitrogens is 1. The van der Waals surface area contributed by atoms with Gasteiger partial charge in [0.2, 0.25) is 35.4 Å². The van der Waals surface area contributed by atoms with Crippen molar-refractivity contribution in [1.82, 2.24) is 31.2 Å². The summed E-state index contributed by atoms with van der Waals surface area (Å²) in [6.45, 7) is 4.26. The van der Waals surface area contributed by atoms with E-state index in [1.165, 1.54) is 25.7 Å². The van der Waals surface area contributed by atoms with E-state index in [2.05, 4.69) is 26.3 Å². The highest BCUT2D eigenvalue weighted by Gasteiger charge is 2.40. The van der Waals surface area contributed by atoms with Crippen LogP contribution in [0.5, 0.6) is 0 Å². The van der Waals surface area contributed by atoms with E-state index in [4.69, 9.17) is 11.5 Å². The lowest BCUT2D eigenvalue weighted by Crippen LogP contribution is -2.60. The van der Waals surface area contributed by atoms with Crippen molar-refractivity contribution in [2.45, 2.75) is 88.8 Å². The van der Waals surface area contributed by atoms with Gasteiger partial charge < -0.3 is 52.8 Å². The Morgan fingerprint density at radius 2 is 1.62 bits per heavy atom. The molecule has 0 spiro atoms. The van der Waals surface area contributed by atoms with Crippen molar-refractivity contribution >= 4 is 52.3 Å². The molecule has 0 radical (unpaired) electrons. The van der Waals surface area contributed by atoms with Crippen LogP contribution in [0.2, 0.25) is 0 Å². The quantitative estimate of drug-likeness (QED) is 0.0958. The second kappa shape index (κ2) is 16.0. The summed E-state index contributed by atoms with van der Waals surface area (Å²) < 4.78 is 0. The Labute approximate surface area is 270 Å². The summed E-state index contributed by atoms with van der Waals surface area (Å²) in [7, 11) is 0. The first-order valence-corrected chi connectivity index (χ1v) is 15.1. The number of nitrogens with two attached hydrogens (primary N) is 2. The number of carbonyl (C=O) groups excluding carboxylic acids is 6. The van der Waals surface area contributed by atoms with Gasteiger partial charge in [0.25, 0.3) is 0 Å². The van der Waals surface area contributed by atoms with Crippen LogP contribution in [0.3, 0.4) is 0 Å². The number of rotatable bonds is 15. The van der Waals surface area contributed by atoms with E-state index in [9.17, 15) is 43.8 Å². The van der Waals surface area contributed by atoms with Gasteiger partial charge in [-0.05, 0) is 45.2 Å². The summed E-state index contributed by atoms with van der Waals surface area (Å²) in [6, 6.07) is -0.305. The number of amides is 6. The number of para-hydroxylation sites is 1. The molecule has 1 saturated heterocycles. The molecule has 1 aromatic heterocycles. The average Bonchev–Trinajstić information content (AvgIpc) is 3.66. The summed E-state index contributed by atoms with van der Waals surface area (Å²) in [4.78, 5) is 92.7. The van der Waals surface area contributed by atoms with Crippen molar-refractivity contribution < 1.29 is 43.8 Å². The zero-order valence-electron chi connectivity index (χ0n) is 26.3. The number of carbonyl (C=O) groups is 7. The number of aliphatic hydroxyl groups is 1. The zero-order valence-corrected chi connectivity index (χ0v) is 26.3. The van der Waals surface area contributed by atoms with Crippen LogP contribution in [0, 0.1) is 0 Å². The molecule has 0 aliphatic carbocycles. The third-order valence-corrected chi connectivity index (χ3v) is 7.80. The van der Waals surface area contributed by atoms with E-state index >= 15 is 0 Å². The maximum absolute atomic E-state index is 13.3. The van der Waals surface area contributed by atoms with Gasteiger partial charge in [-0.1, -0.05) is 18.2 Å². The van der Waals surface area contributed by atoms with Crippen LogP contribution >= 0.6 is 0 Å². The molecule has 1 fully saturated rings. The van der Waals surface area contributed by atoms with Crippen molar-refractivity contribution in [3.63, 3.8) is 0 Å². The fraction of sp³-hybridized carbons (Fsp3) is 0.500. The Morgan fingerprint density at radius 3 is 2.23 bits per heavy atom. The molecule has 1 aliphatic heterocycles. The SMILES string of the molecule is C[C@H](N)C(=O)N[C@H](C(=O)N1CCC[C@H]1C(=O)N[C@@H](C)C(=O)N[C@@H](Cc1c[nH]c2ccccc12)C(=O)N[C@@H](CC(N)=O)C(=O)O)[C@@H](C)O. The number of nitrogens with one attached hydrogen (secondary N) is 5. The average molecular weight is 659 g/mol. The van der Waals surface area contributed by atoms with Gasteiger partial charge in [0.1, 0.15) is 30.2 Å². The second-order valence-corrected chi connectivity index (χ2v) is 11.6. The first-order chi connectivity index (χ1) is 22.1. The van der Waals surface area contributed by atoms with Gasteiger partial charge in [0, 0.05) is 30.1 Å². The zero-order chi connectivity index (χ0) is 35.0. The second-order valence-electron chi connectivity index (χ2n) is 11.6. The van der Waals surface area contributed by atoms with E-state index < -0.39 is 90.2 Å². The molecule has 7 atom stereocenters. The summed E-state index contributed by atoms with van der Waals surface area (Å²) in [5.74, 6) is -6.18. The van der Waals surface area contributed by atoms with Crippen molar-refractivity contribution in [3.8, 4) is 0 Å². The summed E-state index contributed by atoms with van der Waals surface area (Å²) in [5, 5.41) is 30.2. The highest BCUT2D eigenvalue weighted by Crippen LogP contribution is 2.21. The van der Waals surface area contributed by atoms with Crippen LogP contribution in [0.15, 0.2) is 30.5 Å². The van der Waals surface area contributed by atoms with Gasteiger partial charge >= 0.3 is 5.97 Å². The standard InChI is InChI=1S/C30H42N8O9/c1-14(31)25(41)37-24(16(3)39)29(45)38-10-6-9-22(38)28(44)34-15(2)26(42)35-20(27(43)36-21(30(46)47)12-23(32)40)11-17-13-33-19-8-5-4-7-18(17)19/h4-5,7-8,13-16,20-22,24,33,39H,6,9-12,31H2,1-3H3,(H2,32,40)(H,34,44)(H,35,42)(H,36,43)(H,37,41)(H,46,47)/t14-,15-,16+,20-,21-,22-,24-/m0/s1. The molecular weight excluding hydrogens is 616 g/mol. The number of benzene rings is 1. The largest absolute Gasteiger partial charge is 0.480 e. The highest BCUT2D eigenvalue weighted by atomic mass is 16.4. The molecule has 17 heteroatoms. The van der Waals surface area contributed by atoms with Crippen molar-refractivity contribution in [3.05, 3.63) is 36.0 Å². The number of nitrogens with zero attached hydrogens (tertiary/aromatic N) is 1. The summed E-state index contributed by atoms with van der Waals surface area (Å²) >= 11 is 0. The number of aliphatic carboxylic acids is 1. The molecule has 1 aromatic carbocycles. The normalized spacial score (nSPS) is 18.2. The number of hydrogen-bond donors (Lipinski definition) is 9. The molecule has 0 saturated carbocycles. The van der Waals surface area contributed by atoms with Gasteiger partial charge in [0.05, 0.1) is 18.6 Å². The Hall–Kier alpha value is -5.03. The molecule has 3 rings (SSSR count). The molecule has 47 heavy (non-hydrogen) atoms. The third-order valence-electron chi connectivity index (χ3n) is 7.80. The lowest BCUT2D eigenvalue weighted by Gasteiger charge is -2.31. The van der Waals surface area contributed by atoms with E-state index in [1.54, 1.807) is 24.4 Å². The number of aliphatic hydroxyl groups excluding tert-OH is 1. The van der Waals surface area contributed by atoms with Gasteiger partial charge in [0.15, 0.2) is 0 Å².